The van der Waals surface area contributed by atoms with Crippen LogP contribution >= 0.6 is 11.3 Å². The average molecular weight is 555 g/mol. The van der Waals surface area contributed by atoms with E-state index in [1.165, 1.54) is 86.0 Å². The predicted molar refractivity (Wildman–Crippen MR) is 184 cm³/mol. The Hall–Kier alpha value is -5.12. The Bertz CT molecular complexity index is 2590. The fourth-order valence-corrected chi connectivity index (χ4v) is 8.19. The van der Waals surface area contributed by atoms with Gasteiger partial charge in [-0.1, -0.05) is 91.5 Å². The predicted octanol–water partition coefficient (Wildman–Crippen LogP) is 11.2. The molecule has 0 aliphatic rings. The van der Waals surface area contributed by atoms with Crippen LogP contribution in [-0.2, 0) is 0 Å². The van der Waals surface area contributed by atoms with Gasteiger partial charge in [0, 0.05) is 70.2 Å². The molecule has 2 nitrogen and oxygen atoms in total. The number of pyridine rings is 1. The molecule has 4 aromatic heterocycles. The highest BCUT2D eigenvalue weighted by Gasteiger charge is 2.22. The maximum atomic E-state index is 3.99. The van der Waals surface area contributed by atoms with Crippen molar-refractivity contribution >= 4 is 86.5 Å². The van der Waals surface area contributed by atoms with Gasteiger partial charge in [0.15, 0.2) is 0 Å². The lowest BCUT2D eigenvalue weighted by molar-refractivity contribution is 1.05. The number of hydrogen-bond acceptors (Lipinski definition) is 1. The summed E-state index contributed by atoms with van der Waals surface area (Å²) in [7, 11) is 0. The van der Waals surface area contributed by atoms with Crippen LogP contribution in [0.25, 0.3) is 80.8 Å². The molecule has 0 N–H and O–H groups in total. The summed E-state index contributed by atoms with van der Waals surface area (Å²) in [5, 5.41) is 10.3. The summed E-state index contributed by atoms with van der Waals surface area (Å²) in [5.41, 5.74) is 7.33. The topological polar surface area (TPSA) is 9.34 Å². The first-order valence-corrected chi connectivity index (χ1v) is 15.1. The third kappa shape index (κ3) is 3.09. The second-order valence-corrected chi connectivity index (χ2v) is 12.1. The second kappa shape index (κ2) is 8.69. The zero-order valence-electron chi connectivity index (χ0n) is 23.1. The Balaban J connectivity index is 1.58. The lowest BCUT2D eigenvalue weighted by atomic mass is 9.97. The lowest BCUT2D eigenvalue weighted by Crippen LogP contribution is -1.96. The highest BCUT2D eigenvalue weighted by Crippen LogP contribution is 2.45. The Morgan fingerprint density at radius 3 is 2.31 bits per heavy atom. The standard InChI is InChI=1S/C39H26N2S/c1-3-4-15-27-24(2)41(26-13-6-5-7-14-26)33-20-19-30-31-22-36-32(29-17-10-11-18-35(29)42-36)21-34(31)40-23-25-12-8-9-16-28(25)39(40)38(30)37(27)33/h3-23H,1H2,2H3/b15-4-. The maximum absolute atomic E-state index is 3.99. The van der Waals surface area contributed by atoms with E-state index in [0.717, 1.165) is 0 Å². The molecular formula is C39H26N2S. The van der Waals surface area contributed by atoms with Crippen molar-refractivity contribution in [3.05, 3.63) is 139 Å². The lowest BCUT2D eigenvalue weighted by Gasteiger charge is -2.13. The van der Waals surface area contributed by atoms with Crippen molar-refractivity contribution in [2.75, 3.05) is 0 Å². The molecule has 0 radical (unpaired) electrons. The van der Waals surface area contributed by atoms with Crippen molar-refractivity contribution < 1.29 is 0 Å². The van der Waals surface area contributed by atoms with E-state index in [0.29, 0.717) is 0 Å². The molecule has 4 heterocycles. The van der Waals surface area contributed by atoms with E-state index in [1.54, 1.807) is 0 Å². The van der Waals surface area contributed by atoms with E-state index in [4.69, 9.17) is 0 Å². The molecule has 0 atom stereocenters. The van der Waals surface area contributed by atoms with Crippen LogP contribution in [0.15, 0.2) is 128 Å². The summed E-state index contributed by atoms with van der Waals surface area (Å²) in [6.45, 7) is 6.22. The third-order valence-electron chi connectivity index (χ3n) is 8.84. The minimum absolute atomic E-state index is 1.17. The molecule has 9 rings (SSSR count). The first kappa shape index (κ1) is 23.6. The van der Waals surface area contributed by atoms with Gasteiger partial charge < -0.3 is 8.97 Å². The average Bonchev–Trinajstić information content (AvgIpc) is 3.68. The molecule has 3 heteroatoms. The largest absolute Gasteiger partial charge is 0.315 e. The van der Waals surface area contributed by atoms with Gasteiger partial charge in [0.2, 0.25) is 0 Å². The van der Waals surface area contributed by atoms with Crippen LogP contribution in [-0.4, -0.2) is 8.97 Å². The van der Waals surface area contributed by atoms with Crippen LogP contribution < -0.4 is 0 Å². The maximum Gasteiger partial charge on any atom is 0.0620 e. The number of nitrogens with zero attached hydrogens (tertiary/aromatic N) is 2. The van der Waals surface area contributed by atoms with E-state index in [2.05, 4.69) is 144 Å². The van der Waals surface area contributed by atoms with Crippen molar-refractivity contribution in [2.45, 2.75) is 6.92 Å². The zero-order chi connectivity index (χ0) is 27.9. The normalized spacial score (nSPS) is 12.4. The van der Waals surface area contributed by atoms with Gasteiger partial charge in [-0.15, -0.1) is 11.3 Å². The molecule has 0 amide bonds. The van der Waals surface area contributed by atoms with Crippen molar-refractivity contribution in [3.63, 3.8) is 0 Å². The number of aromatic nitrogens is 2. The highest BCUT2D eigenvalue weighted by molar-refractivity contribution is 7.25. The molecule has 0 unspecified atom stereocenters. The van der Waals surface area contributed by atoms with Crippen molar-refractivity contribution in [3.8, 4) is 5.69 Å². The number of hydrogen-bond donors (Lipinski definition) is 0. The van der Waals surface area contributed by atoms with Gasteiger partial charge in [-0.3, -0.25) is 0 Å². The SMILES string of the molecule is C=C/C=C\c1c(C)n(-c2ccccc2)c2ccc3c4cc5sc6ccccc6c5cc4n4cc5ccccc5c4c3c12. The van der Waals surface area contributed by atoms with Crippen LogP contribution in [0.3, 0.4) is 0 Å². The van der Waals surface area contributed by atoms with Gasteiger partial charge in [0.05, 0.1) is 16.6 Å². The Morgan fingerprint density at radius 1 is 0.667 bits per heavy atom. The van der Waals surface area contributed by atoms with Gasteiger partial charge in [0.25, 0.3) is 0 Å². The van der Waals surface area contributed by atoms with Crippen LogP contribution in [0, 0.1) is 6.92 Å². The summed E-state index contributed by atoms with van der Waals surface area (Å²) in [4.78, 5) is 0. The molecule has 0 saturated carbocycles. The van der Waals surface area contributed by atoms with Gasteiger partial charge in [-0.25, -0.2) is 0 Å². The molecule has 0 aliphatic carbocycles. The number of fused-ring (bicyclic) bond motifs is 13. The highest BCUT2D eigenvalue weighted by atomic mass is 32.1. The molecule has 0 aliphatic heterocycles. The van der Waals surface area contributed by atoms with Crippen LogP contribution in [0.5, 0.6) is 0 Å². The Morgan fingerprint density at radius 2 is 1.45 bits per heavy atom. The first-order chi connectivity index (χ1) is 20.7. The van der Waals surface area contributed by atoms with Crippen molar-refractivity contribution in [1.29, 1.82) is 0 Å². The van der Waals surface area contributed by atoms with Crippen molar-refractivity contribution in [1.82, 2.24) is 8.97 Å². The smallest absolute Gasteiger partial charge is 0.0620 e. The molecule has 0 spiro atoms. The number of thiophene rings is 1. The number of allylic oxidation sites excluding steroid dienone is 2. The Kier molecular flexibility index (Phi) is 4.88. The monoisotopic (exact) mass is 554 g/mol. The molecule has 0 fully saturated rings. The molecule has 5 aromatic carbocycles. The van der Waals surface area contributed by atoms with Gasteiger partial charge in [-0.05, 0) is 48.7 Å². The molecule has 0 saturated heterocycles. The van der Waals surface area contributed by atoms with Crippen LogP contribution in [0.2, 0.25) is 0 Å². The zero-order valence-corrected chi connectivity index (χ0v) is 24.0. The van der Waals surface area contributed by atoms with Crippen LogP contribution in [0.1, 0.15) is 11.3 Å². The van der Waals surface area contributed by atoms with Crippen molar-refractivity contribution in [2.24, 2.45) is 0 Å². The molecule has 9 aromatic rings. The minimum atomic E-state index is 1.17. The summed E-state index contributed by atoms with van der Waals surface area (Å²) < 4.78 is 7.50. The molecule has 0 bridgehead atoms. The fraction of sp³-hybridized carbons (Fsp3) is 0.0256. The van der Waals surface area contributed by atoms with E-state index in [9.17, 15) is 0 Å². The quantitative estimate of drug-likeness (QED) is 0.152. The summed E-state index contributed by atoms with van der Waals surface area (Å²) in [6, 6.07) is 37.8. The third-order valence-corrected chi connectivity index (χ3v) is 9.97. The Labute approximate surface area is 246 Å². The number of para-hydroxylation sites is 1. The first-order valence-electron chi connectivity index (χ1n) is 14.3. The van der Waals surface area contributed by atoms with E-state index in [-0.39, 0.29) is 0 Å². The van der Waals surface area contributed by atoms with E-state index >= 15 is 0 Å². The second-order valence-electron chi connectivity index (χ2n) is 11.0. The summed E-state index contributed by atoms with van der Waals surface area (Å²) in [5.74, 6) is 0. The summed E-state index contributed by atoms with van der Waals surface area (Å²) in [6.07, 6.45) is 8.48. The van der Waals surface area contributed by atoms with Gasteiger partial charge in [-0.2, -0.15) is 0 Å². The number of rotatable bonds is 3. The number of benzene rings is 5. The van der Waals surface area contributed by atoms with E-state index in [1.807, 2.05) is 17.4 Å². The molecule has 198 valence electrons. The van der Waals surface area contributed by atoms with E-state index < -0.39 is 0 Å². The fourth-order valence-electron chi connectivity index (χ4n) is 7.06. The summed E-state index contributed by atoms with van der Waals surface area (Å²) >= 11 is 1.88. The molecular weight excluding hydrogens is 529 g/mol. The molecule has 42 heavy (non-hydrogen) atoms. The van der Waals surface area contributed by atoms with Gasteiger partial charge >= 0.3 is 0 Å². The van der Waals surface area contributed by atoms with Crippen LogP contribution in [0.4, 0.5) is 0 Å². The van der Waals surface area contributed by atoms with Gasteiger partial charge in [0.1, 0.15) is 0 Å². The minimum Gasteiger partial charge on any atom is -0.315 e.